The van der Waals surface area contributed by atoms with Crippen LogP contribution in [0.4, 0.5) is 5.95 Å². The van der Waals surface area contributed by atoms with Gasteiger partial charge in [0.25, 0.3) is 5.91 Å². The Balaban J connectivity index is 1.53. The summed E-state index contributed by atoms with van der Waals surface area (Å²) in [6, 6.07) is 9.84. The zero-order valence-electron chi connectivity index (χ0n) is 14.7. The molecule has 0 unspecified atom stereocenters. The Morgan fingerprint density at radius 1 is 1.26 bits per heavy atom. The van der Waals surface area contributed by atoms with Gasteiger partial charge >= 0.3 is 0 Å². The number of nitrogens with zero attached hydrogens (tertiary/aromatic N) is 6. The molecule has 0 radical (unpaired) electrons. The second-order valence-corrected chi connectivity index (χ2v) is 7.10. The summed E-state index contributed by atoms with van der Waals surface area (Å²) in [4.78, 5) is 21.2. The van der Waals surface area contributed by atoms with E-state index in [-0.39, 0.29) is 11.9 Å². The van der Waals surface area contributed by atoms with Crippen LogP contribution < -0.4 is 5.32 Å². The normalized spacial score (nSPS) is 11.1. The summed E-state index contributed by atoms with van der Waals surface area (Å²) in [5, 5.41) is 11.3. The van der Waals surface area contributed by atoms with Crippen molar-refractivity contribution in [3.63, 3.8) is 0 Å². The van der Waals surface area contributed by atoms with Crippen LogP contribution in [0.3, 0.4) is 0 Å². The van der Waals surface area contributed by atoms with E-state index in [0.717, 1.165) is 21.4 Å². The van der Waals surface area contributed by atoms with E-state index in [9.17, 15) is 4.79 Å². The van der Waals surface area contributed by atoms with E-state index in [0.29, 0.717) is 17.8 Å². The first kappa shape index (κ1) is 17.3. The molecule has 4 rings (SSSR count). The highest BCUT2D eigenvalue weighted by atomic mass is 79.9. The third-order valence-corrected chi connectivity index (χ3v) is 4.51. The molecule has 0 aliphatic heterocycles. The maximum atomic E-state index is 12.6. The number of amides is 1. The summed E-state index contributed by atoms with van der Waals surface area (Å²) in [6.45, 7) is 4.35. The van der Waals surface area contributed by atoms with Crippen molar-refractivity contribution in [2.75, 3.05) is 5.32 Å². The molecule has 9 heteroatoms. The maximum Gasteiger partial charge on any atom is 0.263 e. The summed E-state index contributed by atoms with van der Waals surface area (Å²) in [6.07, 6.45) is 3.09. The van der Waals surface area contributed by atoms with Crippen molar-refractivity contribution < 1.29 is 4.79 Å². The smallest absolute Gasteiger partial charge is 0.263 e. The molecule has 0 fully saturated rings. The molecule has 1 N–H and O–H groups in total. The van der Waals surface area contributed by atoms with Gasteiger partial charge in [0, 0.05) is 15.9 Å². The predicted molar refractivity (Wildman–Crippen MR) is 104 cm³/mol. The highest BCUT2D eigenvalue weighted by molar-refractivity contribution is 9.10. The number of aryl methyl sites for hydroxylation is 2. The molecule has 0 bridgehead atoms. The Bertz CT molecular complexity index is 1150. The number of aromatic nitrogens is 6. The lowest BCUT2D eigenvalue weighted by Gasteiger charge is -2.03. The van der Waals surface area contributed by atoms with Gasteiger partial charge in [-0.25, -0.2) is 19.2 Å². The van der Waals surface area contributed by atoms with E-state index >= 15 is 0 Å². The van der Waals surface area contributed by atoms with Crippen LogP contribution in [0.25, 0.3) is 5.65 Å². The first-order valence-electron chi connectivity index (χ1n) is 8.27. The molecule has 3 heterocycles. The topological polar surface area (TPSA) is 90.0 Å². The van der Waals surface area contributed by atoms with Crippen LogP contribution in [0.15, 0.2) is 47.3 Å². The Labute approximate surface area is 163 Å². The molecule has 0 aliphatic rings. The van der Waals surface area contributed by atoms with Crippen molar-refractivity contribution in [2.45, 2.75) is 20.4 Å². The van der Waals surface area contributed by atoms with Crippen LogP contribution in [0, 0.1) is 13.8 Å². The summed E-state index contributed by atoms with van der Waals surface area (Å²) in [5.41, 5.74) is 3.70. The van der Waals surface area contributed by atoms with Crippen molar-refractivity contribution >= 4 is 33.4 Å². The predicted octanol–water partition coefficient (Wildman–Crippen LogP) is 3.00. The lowest BCUT2D eigenvalue weighted by atomic mass is 10.2. The van der Waals surface area contributed by atoms with Gasteiger partial charge in [0.1, 0.15) is 11.9 Å². The van der Waals surface area contributed by atoms with Gasteiger partial charge in [0.05, 0.1) is 12.7 Å². The Kier molecular flexibility index (Phi) is 4.44. The third-order valence-electron chi connectivity index (χ3n) is 4.02. The fraction of sp³-hybridized carbons (Fsp3) is 0.167. The number of nitrogens with one attached hydrogen (secondary N) is 1. The number of carbonyl (C=O) groups excluding carboxylic acids is 1. The number of rotatable bonds is 4. The second kappa shape index (κ2) is 6.92. The molecule has 0 aliphatic carbocycles. The lowest BCUT2D eigenvalue weighted by Crippen LogP contribution is -2.14. The third kappa shape index (κ3) is 3.59. The zero-order chi connectivity index (χ0) is 19.0. The van der Waals surface area contributed by atoms with Crippen molar-refractivity contribution in [1.29, 1.82) is 0 Å². The number of carbonyl (C=O) groups is 1. The van der Waals surface area contributed by atoms with E-state index in [4.69, 9.17) is 0 Å². The number of hydrogen-bond donors (Lipinski definition) is 1. The van der Waals surface area contributed by atoms with Crippen molar-refractivity contribution in [2.24, 2.45) is 0 Å². The highest BCUT2D eigenvalue weighted by Gasteiger charge is 2.17. The molecule has 3 aromatic heterocycles. The molecule has 0 saturated carbocycles. The fourth-order valence-corrected chi connectivity index (χ4v) is 3.30. The minimum atomic E-state index is -0.345. The minimum absolute atomic E-state index is 0.235. The molecular formula is C18H16BrN7O. The molecule has 8 nitrogen and oxygen atoms in total. The molecule has 1 amide bonds. The van der Waals surface area contributed by atoms with Gasteiger partial charge in [-0.05, 0) is 37.6 Å². The quantitative estimate of drug-likeness (QED) is 0.542. The summed E-state index contributed by atoms with van der Waals surface area (Å²) >= 11 is 3.45. The number of fused-ring (bicyclic) bond motifs is 1. The second-order valence-electron chi connectivity index (χ2n) is 6.18. The lowest BCUT2D eigenvalue weighted by molar-refractivity contribution is 0.102. The Morgan fingerprint density at radius 3 is 2.93 bits per heavy atom. The first-order chi connectivity index (χ1) is 13.0. The average molecular weight is 426 g/mol. The van der Waals surface area contributed by atoms with E-state index < -0.39 is 0 Å². The highest BCUT2D eigenvalue weighted by Crippen LogP contribution is 2.14. The molecule has 4 aromatic rings. The Hall–Kier alpha value is -3.07. The Morgan fingerprint density at radius 2 is 2.11 bits per heavy atom. The van der Waals surface area contributed by atoms with Crippen LogP contribution in [0.5, 0.6) is 0 Å². The fourth-order valence-electron chi connectivity index (χ4n) is 2.85. The SMILES string of the molecule is Cc1cc(C)n2ncc(C(=O)Nc3ncn(Cc4cccc(Br)c4)n3)c2n1. The molecule has 27 heavy (non-hydrogen) atoms. The molecule has 1 aromatic carbocycles. The summed E-state index contributed by atoms with van der Waals surface area (Å²) < 4.78 is 4.31. The van der Waals surface area contributed by atoms with Crippen LogP contribution in [-0.2, 0) is 6.54 Å². The van der Waals surface area contributed by atoms with Gasteiger partial charge in [0.15, 0.2) is 5.65 Å². The number of hydrogen-bond acceptors (Lipinski definition) is 5. The van der Waals surface area contributed by atoms with Crippen LogP contribution >= 0.6 is 15.9 Å². The standard InChI is InChI=1S/C18H16BrN7O/c1-11-6-12(2)26-16(22-11)15(8-21-26)17(27)23-18-20-10-25(24-18)9-13-4-3-5-14(19)7-13/h3-8,10H,9H2,1-2H3,(H,23,24,27). The van der Waals surface area contributed by atoms with Crippen molar-refractivity contribution in [3.8, 4) is 0 Å². The molecular weight excluding hydrogens is 410 g/mol. The summed E-state index contributed by atoms with van der Waals surface area (Å²) in [5.74, 6) is -0.110. The first-order valence-corrected chi connectivity index (χ1v) is 9.06. The number of halogens is 1. The molecule has 0 atom stereocenters. The van der Waals surface area contributed by atoms with E-state index in [1.165, 1.54) is 6.20 Å². The van der Waals surface area contributed by atoms with Crippen LogP contribution in [0.2, 0.25) is 0 Å². The molecule has 0 spiro atoms. The van der Waals surface area contributed by atoms with Crippen LogP contribution in [0.1, 0.15) is 27.3 Å². The van der Waals surface area contributed by atoms with Gasteiger partial charge < -0.3 is 0 Å². The average Bonchev–Trinajstić information content (AvgIpc) is 3.22. The van der Waals surface area contributed by atoms with Gasteiger partial charge in [-0.2, -0.15) is 5.10 Å². The van der Waals surface area contributed by atoms with E-state index in [1.807, 2.05) is 44.2 Å². The minimum Gasteiger partial charge on any atom is -0.289 e. The van der Waals surface area contributed by atoms with Crippen molar-refractivity contribution in [1.82, 2.24) is 29.4 Å². The zero-order valence-corrected chi connectivity index (χ0v) is 16.3. The van der Waals surface area contributed by atoms with Crippen molar-refractivity contribution in [3.05, 3.63) is 69.8 Å². The van der Waals surface area contributed by atoms with Gasteiger partial charge in [-0.1, -0.05) is 28.1 Å². The monoisotopic (exact) mass is 425 g/mol. The van der Waals surface area contributed by atoms with E-state index in [2.05, 4.69) is 41.4 Å². The summed E-state index contributed by atoms with van der Waals surface area (Å²) in [7, 11) is 0. The van der Waals surface area contributed by atoms with E-state index in [1.54, 1.807) is 15.5 Å². The number of anilines is 1. The van der Waals surface area contributed by atoms with Crippen LogP contribution in [-0.4, -0.2) is 35.3 Å². The number of benzene rings is 1. The van der Waals surface area contributed by atoms with Gasteiger partial charge in [-0.3, -0.25) is 10.1 Å². The van der Waals surface area contributed by atoms with Gasteiger partial charge in [0.2, 0.25) is 5.95 Å². The largest absolute Gasteiger partial charge is 0.289 e. The molecule has 136 valence electrons. The molecule has 0 saturated heterocycles. The maximum absolute atomic E-state index is 12.6. The van der Waals surface area contributed by atoms with Gasteiger partial charge in [-0.15, -0.1) is 5.10 Å².